The normalized spacial score (nSPS) is 18.8. The number of allylic oxidation sites excluding steroid dienone is 1. The summed E-state index contributed by atoms with van der Waals surface area (Å²) in [5.41, 5.74) is 0.744. The Balaban J connectivity index is 1.81. The maximum Gasteiger partial charge on any atom is 0.341 e. The summed E-state index contributed by atoms with van der Waals surface area (Å²) in [6.45, 7) is 1.75. The zero-order valence-electron chi connectivity index (χ0n) is 15.4. The van der Waals surface area contributed by atoms with E-state index in [4.69, 9.17) is 19.8 Å². The van der Waals surface area contributed by atoms with Gasteiger partial charge in [-0.2, -0.15) is 5.26 Å². The highest BCUT2D eigenvalue weighted by molar-refractivity contribution is 5.68. The molecule has 1 aliphatic heterocycles. The summed E-state index contributed by atoms with van der Waals surface area (Å²) in [5.74, 6) is 0.412. The van der Waals surface area contributed by atoms with Crippen LogP contribution < -0.4 is 9.47 Å². The van der Waals surface area contributed by atoms with E-state index in [9.17, 15) is 4.79 Å². The van der Waals surface area contributed by atoms with E-state index in [-0.39, 0.29) is 12.2 Å². The third kappa shape index (κ3) is 6.44. The predicted molar refractivity (Wildman–Crippen MR) is 99.4 cm³/mol. The van der Waals surface area contributed by atoms with Crippen molar-refractivity contribution < 1.29 is 19.4 Å². The van der Waals surface area contributed by atoms with E-state index in [2.05, 4.69) is 25.1 Å². The molecule has 0 spiro atoms. The van der Waals surface area contributed by atoms with Crippen LogP contribution in [0.1, 0.15) is 57.4 Å². The number of hydrogen-bond acceptors (Lipinski definition) is 4. The van der Waals surface area contributed by atoms with Crippen molar-refractivity contribution in [3.8, 4) is 17.6 Å². The molecule has 140 valence electrons. The smallest absolute Gasteiger partial charge is 0.341 e. The minimum Gasteiger partial charge on any atom is -0.483 e. The zero-order chi connectivity index (χ0) is 18.8. The number of aryl methyl sites for hydroxylation is 1. The minimum absolute atomic E-state index is 0.308. The summed E-state index contributed by atoms with van der Waals surface area (Å²) in [7, 11) is 0. The number of nitriles is 1. The van der Waals surface area contributed by atoms with Gasteiger partial charge in [0.2, 0.25) is 0 Å². The molecule has 26 heavy (non-hydrogen) atoms. The van der Waals surface area contributed by atoms with E-state index < -0.39 is 5.97 Å². The minimum atomic E-state index is -0.984. The summed E-state index contributed by atoms with van der Waals surface area (Å²) in [6.07, 6.45) is 12.2. The molecule has 1 aliphatic rings. The van der Waals surface area contributed by atoms with Gasteiger partial charge >= 0.3 is 5.97 Å². The highest BCUT2D eigenvalue weighted by Gasteiger charge is 2.29. The Hall–Kier alpha value is -2.48. The summed E-state index contributed by atoms with van der Waals surface area (Å²) in [5, 5.41) is 17.2. The number of benzene rings is 1. The van der Waals surface area contributed by atoms with E-state index >= 15 is 0 Å². The van der Waals surface area contributed by atoms with Gasteiger partial charge in [0.15, 0.2) is 6.61 Å². The molecule has 1 unspecified atom stereocenters. The molecular weight excluding hydrogens is 330 g/mol. The summed E-state index contributed by atoms with van der Waals surface area (Å²) >= 11 is 0. The third-order valence-corrected chi connectivity index (χ3v) is 4.51. The van der Waals surface area contributed by atoms with Crippen molar-refractivity contribution in [2.75, 3.05) is 6.61 Å². The van der Waals surface area contributed by atoms with Crippen LogP contribution in [0, 0.1) is 11.3 Å². The molecule has 0 bridgehead atoms. The second-order valence-corrected chi connectivity index (χ2v) is 6.88. The maximum absolute atomic E-state index is 10.6. The van der Waals surface area contributed by atoms with Crippen molar-refractivity contribution in [1.82, 2.24) is 0 Å². The van der Waals surface area contributed by atoms with Gasteiger partial charge in [-0.25, -0.2) is 4.79 Å². The van der Waals surface area contributed by atoms with Crippen LogP contribution in [-0.2, 0) is 11.2 Å². The number of hydrogen-bond donors (Lipinski definition) is 1. The molecule has 5 nitrogen and oxygen atoms in total. The van der Waals surface area contributed by atoms with Crippen LogP contribution in [0.4, 0.5) is 0 Å². The first-order valence-corrected chi connectivity index (χ1v) is 9.23. The van der Waals surface area contributed by atoms with E-state index in [0.29, 0.717) is 12.2 Å². The van der Waals surface area contributed by atoms with Crippen LogP contribution in [0.15, 0.2) is 30.4 Å². The summed E-state index contributed by atoms with van der Waals surface area (Å²) in [6, 6.07) is 7.64. The van der Waals surface area contributed by atoms with Gasteiger partial charge in [-0.05, 0) is 68.9 Å². The monoisotopic (exact) mass is 357 g/mol. The Kier molecular flexibility index (Phi) is 7.53. The molecule has 0 amide bonds. The molecule has 5 heteroatoms. The highest BCUT2D eigenvalue weighted by Crippen LogP contribution is 2.36. The van der Waals surface area contributed by atoms with E-state index in [1.165, 1.54) is 0 Å². The van der Waals surface area contributed by atoms with Crippen molar-refractivity contribution in [3.05, 3.63) is 35.9 Å². The Morgan fingerprint density at radius 2 is 2.19 bits per heavy atom. The number of fused-ring (bicyclic) bond motifs is 1. The number of ether oxygens (including phenoxy) is 2. The molecule has 0 aromatic heterocycles. The second-order valence-electron chi connectivity index (χ2n) is 6.88. The van der Waals surface area contributed by atoms with E-state index in [1.54, 1.807) is 6.07 Å². The number of rotatable bonds is 10. The average molecular weight is 357 g/mol. The lowest BCUT2D eigenvalue weighted by Crippen LogP contribution is -2.34. The first-order valence-electron chi connectivity index (χ1n) is 9.23. The van der Waals surface area contributed by atoms with Crippen molar-refractivity contribution in [2.45, 2.75) is 63.9 Å². The first kappa shape index (κ1) is 19.8. The van der Waals surface area contributed by atoms with E-state index in [0.717, 1.165) is 56.3 Å². The van der Waals surface area contributed by atoms with Crippen molar-refractivity contribution in [1.29, 1.82) is 5.26 Å². The van der Waals surface area contributed by atoms with Crippen LogP contribution >= 0.6 is 0 Å². The number of carboxylic acids is 1. The summed E-state index contributed by atoms with van der Waals surface area (Å²) < 4.78 is 11.4. The fraction of sp³-hybridized carbons (Fsp3) is 0.524. The standard InChI is InChI=1S/C21H27NO4/c1-21(12-7-5-3-2-4-6-8-14-22)13-11-17-15-18(25-16-20(23)24)9-10-19(17)26-21/h7,9-10,12,15H,2-6,8,11,13,16H2,1H3,(H,23,24). The topological polar surface area (TPSA) is 79.5 Å². The van der Waals surface area contributed by atoms with Gasteiger partial charge in [0, 0.05) is 6.42 Å². The molecule has 1 aromatic rings. The molecule has 2 rings (SSSR count). The molecular formula is C21H27NO4. The lowest BCUT2D eigenvalue weighted by Gasteiger charge is -2.33. The van der Waals surface area contributed by atoms with Crippen LogP contribution in [0.2, 0.25) is 0 Å². The van der Waals surface area contributed by atoms with Gasteiger partial charge in [0.05, 0.1) is 6.07 Å². The first-order chi connectivity index (χ1) is 12.5. The highest BCUT2D eigenvalue weighted by atomic mass is 16.5. The van der Waals surface area contributed by atoms with Gasteiger partial charge in [-0.15, -0.1) is 0 Å². The summed E-state index contributed by atoms with van der Waals surface area (Å²) in [4.78, 5) is 10.6. The van der Waals surface area contributed by atoms with Crippen molar-refractivity contribution in [3.63, 3.8) is 0 Å². The SMILES string of the molecule is CC1(C=CCCCCCCC#N)CCc2cc(OCC(=O)O)ccc2O1. The number of nitrogens with zero attached hydrogens (tertiary/aromatic N) is 1. The van der Waals surface area contributed by atoms with E-state index in [1.807, 2.05) is 12.1 Å². The molecule has 0 fully saturated rings. The Morgan fingerprint density at radius 3 is 2.96 bits per heavy atom. The van der Waals surface area contributed by atoms with Gasteiger partial charge in [-0.3, -0.25) is 0 Å². The quantitative estimate of drug-likeness (QED) is 0.487. The van der Waals surface area contributed by atoms with Crippen LogP contribution in [0.5, 0.6) is 11.5 Å². The molecule has 1 N–H and O–H groups in total. The van der Waals surface area contributed by atoms with Gasteiger partial charge < -0.3 is 14.6 Å². The molecule has 0 saturated heterocycles. The fourth-order valence-corrected chi connectivity index (χ4v) is 3.04. The molecule has 0 saturated carbocycles. The molecule has 0 radical (unpaired) electrons. The fourth-order valence-electron chi connectivity index (χ4n) is 3.04. The van der Waals surface area contributed by atoms with Crippen LogP contribution in [0.3, 0.4) is 0 Å². The number of carboxylic acid groups (broad SMARTS) is 1. The van der Waals surface area contributed by atoms with Crippen LogP contribution in [0.25, 0.3) is 0 Å². The Bertz CT molecular complexity index is 677. The molecule has 1 heterocycles. The maximum atomic E-state index is 10.6. The second kappa shape index (κ2) is 9.86. The van der Waals surface area contributed by atoms with Crippen molar-refractivity contribution >= 4 is 5.97 Å². The van der Waals surface area contributed by atoms with Gasteiger partial charge in [-0.1, -0.05) is 18.9 Å². The Labute approximate surface area is 155 Å². The number of aliphatic carboxylic acids is 1. The van der Waals surface area contributed by atoms with Crippen molar-refractivity contribution in [2.24, 2.45) is 0 Å². The largest absolute Gasteiger partial charge is 0.483 e. The van der Waals surface area contributed by atoms with Gasteiger partial charge in [0.25, 0.3) is 0 Å². The average Bonchev–Trinajstić information content (AvgIpc) is 2.62. The lowest BCUT2D eigenvalue weighted by molar-refractivity contribution is -0.139. The Morgan fingerprint density at radius 1 is 1.38 bits per heavy atom. The lowest BCUT2D eigenvalue weighted by atomic mass is 9.91. The molecule has 0 aliphatic carbocycles. The molecule has 1 aromatic carbocycles. The van der Waals surface area contributed by atoms with Crippen LogP contribution in [-0.4, -0.2) is 23.3 Å². The molecule has 1 atom stereocenters. The number of unbranched alkanes of at least 4 members (excludes halogenated alkanes) is 5. The number of carbonyl (C=O) groups is 1. The zero-order valence-corrected chi connectivity index (χ0v) is 15.4. The van der Waals surface area contributed by atoms with Gasteiger partial charge in [0.1, 0.15) is 17.1 Å². The predicted octanol–water partition coefficient (Wildman–Crippen LogP) is 4.65. The third-order valence-electron chi connectivity index (χ3n) is 4.51.